The zero-order chi connectivity index (χ0) is 21.8. The number of carbonyl (C=O) groups excluding carboxylic acids is 1. The van der Waals surface area contributed by atoms with Crippen molar-refractivity contribution < 1.29 is 17.9 Å². The summed E-state index contributed by atoms with van der Waals surface area (Å²) < 4.78 is 33.1. The number of ether oxygens (including phenoxy) is 1. The Morgan fingerprint density at radius 2 is 1.59 bits per heavy atom. The van der Waals surface area contributed by atoms with Gasteiger partial charge in [-0.15, -0.1) is 0 Å². The second-order valence-electron chi connectivity index (χ2n) is 6.91. The Kier molecular flexibility index (Phi) is 7.43. The van der Waals surface area contributed by atoms with E-state index in [1.54, 1.807) is 32.9 Å². The van der Waals surface area contributed by atoms with Gasteiger partial charge >= 0.3 is 0 Å². The van der Waals surface area contributed by atoms with Crippen LogP contribution in [0.1, 0.15) is 47.8 Å². The molecule has 6 nitrogen and oxygen atoms in total. The highest BCUT2D eigenvalue weighted by Crippen LogP contribution is 2.30. The van der Waals surface area contributed by atoms with Crippen molar-refractivity contribution in [3.05, 3.63) is 52.6 Å². The van der Waals surface area contributed by atoms with Crippen LogP contribution in [0.5, 0.6) is 5.75 Å². The van der Waals surface area contributed by atoms with E-state index in [-0.39, 0.29) is 16.6 Å². The Morgan fingerprint density at radius 1 is 1.00 bits per heavy atom. The molecule has 2 aromatic carbocycles. The lowest BCUT2D eigenvalue weighted by Crippen LogP contribution is -2.31. The zero-order valence-corrected chi connectivity index (χ0v) is 18.8. The third kappa shape index (κ3) is 4.97. The Bertz CT molecular complexity index is 973. The number of nitrogens with one attached hydrogen (secondary N) is 1. The van der Waals surface area contributed by atoms with E-state index < -0.39 is 10.0 Å². The van der Waals surface area contributed by atoms with E-state index >= 15 is 0 Å². The number of amides is 1. The van der Waals surface area contributed by atoms with Gasteiger partial charge < -0.3 is 10.1 Å². The smallest absolute Gasteiger partial charge is 0.256 e. The van der Waals surface area contributed by atoms with Gasteiger partial charge in [-0.25, -0.2) is 8.42 Å². The van der Waals surface area contributed by atoms with Crippen molar-refractivity contribution in [3.63, 3.8) is 0 Å². The maximum Gasteiger partial charge on any atom is 0.256 e. The first-order valence-electron chi connectivity index (χ1n) is 9.81. The largest absolute Gasteiger partial charge is 0.492 e. The van der Waals surface area contributed by atoms with E-state index in [4.69, 9.17) is 4.74 Å². The number of hydrogen-bond donors (Lipinski definition) is 1. The molecule has 0 aromatic heterocycles. The van der Waals surface area contributed by atoms with Crippen LogP contribution in [0.15, 0.2) is 35.2 Å². The van der Waals surface area contributed by atoms with Crippen LogP contribution < -0.4 is 10.1 Å². The number of rotatable bonds is 8. The monoisotopic (exact) mass is 418 g/mol. The molecular weight excluding hydrogens is 388 g/mol. The number of benzene rings is 2. The zero-order valence-electron chi connectivity index (χ0n) is 18.0. The summed E-state index contributed by atoms with van der Waals surface area (Å²) in [4.78, 5) is 12.9. The van der Waals surface area contributed by atoms with Gasteiger partial charge in [0.1, 0.15) is 10.6 Å². The van der Waals surface area contributed by atoms with Gasteiger partial charge in [0.05, 0.1) is 6.61 Å². The van der Waals surface area contributed by atoms with Crippen molar-refractivity contribution in [1.29, 1.82) is 0 Å². The number of carbonyl (C=O) groups is 1. The molecule has 0 heterocycles. The lowest BCUT2D eigenvalue weighted by molar-refractivity contribution is 0.102. The Morgan fingerprint density at radius 3 is 2.10 bits per heavy atom. The van der Waals surface area contributed by atoms with Gasteiger partial charge in [0.2, 0.25) is 10.0 Å². The number of sulfonamides is 1. The van der Waals surface area contributed by atoms with Crippen LogP contribution in [-0.4, -0.2) is 38.3 Å². The van der Waals surface area contributed by atoms with Crippen molar-refractivity contribution in [2.45, 2.75) is 46.4 Å². The topological polar surface area (TPSA) is 75.7 Å². The van der Waals surface area contributed by atoms with Crippen molar-refractivity contribution in [2.24, 2.45) is 0 Å². The first-order valence-corrected chi connectivity index (χ1v) is 11.3. The molecule has 0 atom stereocenters. The van der Waals surface area contributed by atoms with Gasteiger partial charge in [-0.3, -0.25) is 4.79 Å². The minimum absolute atomic E-state index is 0.0539. The summed E-state index contributed by atoms with van der Waals surface area (Å²) in [5.41, 5.74) is 3.84. The molecule has 2 rings (SSSR count). The Hall–Kier alpha value is -2.38. The third-order valence-corrected chi connectivity index (χ3v) is 6.80. The quantitative estimate of drug-likeness (QED) is 0.694. The second-order valence-corrected chi connectivity index (χ2v) is 8.82. The molecular formula is C22H30N2O4S. The number of anilines is 1. The average Bonchev–Trinajstić information content (AvgIpc) is 2.63. The number of hydrogen-bond acceptors (Lipinski definition) is 4. The molecule has 7 heteroatoms. The summed E-state index contributed by atoms with van der Waals surface area (Å²) in [6, 6.07) is 8.62. The van der Waals surface area contributed by atoms with Crippen LogP contribution in [0.4, 0.5) is 5.69 Å². The normalized spacial score (nSPS) is 11.6. The van der Waals surface area contributed by atoms with E-state index in [2.05, 4.69) is 5.32 Å². The molecule has 0 radical (unpaired) electrons. The van der Waals surface area contributed by atoms with Gasteiger partial charge in [0.15, 0.2) is 0 Å². The van der Waals surface area contributed by atoms with Gasteiger partial charge in [0, 0.05) is 24.3 Å². The van der Waals surface area contributed by atoms with Crippen LogP contribution in [0.3, 0.4) is 0 Å². The molecule has 29 heavy (non-hydrogen) atoms. The highest BCUT2D eigenvalue weighted by atomic mass is 32.2. The van der Waals surface area contributed by atoms with Gasteiger partial charge in [-0.1, -0.05) is 31.5 Å². The maximum absolute atomic E-state index is 13.1. The van der Waals surface area contributed by atoms with Crippen LogP contribution in [0, 0.1) is 20.8 Å². The molecule has 0 unspecified atom stereocenters. The molecule has 1 amide bonds. The number of aryl methyl sites for hydroxylation is 3. The predicted octanol–water partition coefficient (Wildman–Crippen LogP) is 4.29. The Labute approximate surface area is 173 Å². The van der Waals surface area contributed by atoms with E-state index in [0.717, 1.165) is 16.7 Å². The van der Waals surface area contributed by atoms with Crippen LogP contribution in [0.25, 0.3) is 0 Å². The summed E-state index contributed by atoms with van der Waals surface area (Å²) >= 11 is 0. The van der Waals surface area contributed by atoms with Crippen LogP contribution >= 0.6 is 0 Å². The van der Waals surface area contributed by atoms with E-state index in [0.29, 0.717) is 30.9 Å². The molecule has 158 valence electrons. The van der Waals surface area contributed by atoms with Gasteiger partial charge in [0.25, 0.3) is 5.91 Å². The molecule has 2 aromatic rings. The summed E-state index contributed by atoms with van der Waals surface area (Å²) in [6.45, 7) is 12.2. The SMILES string of the molecule is CCOc1ccc(NC(=O)c2c(C)cc(C)cc2C)cc1S(=O)(=O)N(CC)CC. The molecule has 0 spiro atoms. The van der Waals surface area contributed by atoms with E-state index in [9.17, 15) is 13.2 Å². The predicted molar refractivity (Wildman–Crippen MR) is 116 cm³/mol. The molecule has 0 saturated carbocycles. The fourth-order valence-corrected chi connectivity index (χ4v) is 5.11. The molecule has 0 aliphatic heterocycles. The second kappa shape index (κ2) is 9.41. The summed E-state index contributed by atoms with van der Waals surface area (Å²) in [5, 5.41) is 2.84. The van der Waals surface area contributed by atoms with Gasteiger partial charge in [-0.05, 0) is 57.0 Å². The highest BCUT2D eigenvalue weighted by molar-refractivity contribution is 7.89. The minimum atomic E-state index is -3.74. The maximum atomic E-state index is 13.1. The molecule has 0 saturated heterocycles. The highest BCUT2D eigenvalue weighted by Gasteiger charge is 2.26. The Balaban J connectivity index is 2.47. The van der Waals surface area contributed by atoms with Crippen LogP contribution in [-0.2, 0) is 10.0 Å². The lowest BCUT2D eigenvalue weighted by atomic mass is 9.99. The van der Waals surface area contributed by atoms with Crippen molar-refractivity contribution in [3.8, 4) is 5.75 Å². The molecule has 0 fully saturated rings. The molecule has 0 aliphatic carbocycles. The summed E-state index contributed by atoms with van der Waals surface area (Å²) in [5.74, 6) is 0.00967. The summed E-state index contributed by atoms with van der Waals surface area (Å²) in [6.07, 6.45) is 0. The molecule has 0 bridgehead atoms. The summed E-state index contributed by atoms with van der Waals surface area (Å²) in [7, 11) is -3.74. The first-order chi connectivity index (χ1) is 13.6. The molecule has 1 N–H and O–H groups in total. The van der Waals surface area contributed by atoms with E-state index in [1.165, 1.54) is 10.4 Å². The molecule has 0 aliphatic rings. The van der Waals surface area contributed by atoms with Gasteiger partial charge in [-0.2, -0.15) is 4.31 Å². The fraction of sp³-hybridized carbons (Fsp3) is 0.409. The fourth-order valence-electron chi connectivity index (χ4n) is 3.50. The van der Waals surface area contributed by atoms with Crippen molar-refractivity contribution >= 4 is 21.6 Å². The van der Waals surface area contributed by atoms with E-state index in [1.807, 2.05) is 32.9 Å². The first kappa shape index (κ1) is 22.9. The number of nitrogens with zero attached hydrogens (tertiary/aromatic N) is 1. The average molecular weight is 419 g/mol. The lowest BCUT2D eigenvalue weighted by Gasteiger charge is -2.21. The van der Waals surface area contributed by atoms with Crippen molar-refractivity contribution in [1.82, 2.24) is 4.31 Å². The standard InChI is InChI=1S/C22H30N2O4S/c1-7-24(8-2)29(26,27)20-14-18(10-11-19(20)28-9-3)23-22(25)21-16(5)12-15(4)13-17(21)6/h10-14H,7-9H2,1-6H3,(H,23,25). The minimum Gasteiger partial charge on any atom is -0.492 e. The third-order valence-electron chi connectivity index (χ3n) is 4.73. The van der Waals surface area contributed by atoms with Crippen molar-refractivity contribution in [2.75, 3.05) is 25.0 Å². The van der Waals surface area contributed by atoms with Crippen LogP contribution in [0.2, 0.25) is 0 Å².